The van der Waals surface area contributed by atoms with Gasteiger partial charge in [0.15, 0.2) is 0 Å². The van der Waals surface area contributed by atoms with Crippen LogP contribution in [-0.4, -0.2) is 19.6 Å². The number of nitrogens with one attached hydrogen (secondary N) is 1. The lowest BCUT2D eigenvalue weighted by Gasteiger charge is -2.26. The summed E-state index contributed by atoms with van der Waals surface area (Å²) in [7, 11) is 4.50. The molecule has 0 saturated carbocycles. The largest absolute Gasteiger partial charge is 1.00 e. The molecule has 42 heavy (non-hydrogen) atoms. The second kappa shape index (κ2) is 34.7. The van der Waals surface area contributed by atoms with E-state index >= 15 is 0 Å². The van der Waals surface area contributed by atoms with Crippen LogP contribution in [0.3, 0.4) is 0 Å². The predicted octanol–water partition coefficient (Wildman–Crippen LogP) is 9.30. The molecule has 0 saturated heterocycles. The average molecular weight is 607 g/mol. The van der Waals surface area contributed by atoms with Gasteiger partial charge in [-0.15, -0.1) is 0 Å². The fraction of sp³-hybridized carbons (Fsp3) is 0.800. The third-order valence-corrected chi connectivity index (χ3v) is 8.91. The van der Waals surface area contributed by atoms with Gasteiger partial charge in [-0.05, 0) is 44.8 Å². The number of allylic oxidation sites excluding steroid dienone is 6. The Morgan fingerprint density at radius 1 is 0.405 bits per heavy atom. The van der Waals surface area contributed by atoms with Crippen LogP contribution in [0.4, 0.5) is 0 Å². The molecule has 0 aromatic rings. The molecule has 0 spiro atoms. The van der Waals surface area contributed by atoms with Crippen molar-refractivity contribution in [2.45, 2.75) is 193 Å². The van der Waals surface area contributed by atoms with Gasteiger partial charge in [-0.1, -0.05) is 192 Å². The van der Waals surface area contributed by atoms with E-state index in [0.29, 0.717) is 0 Å². The summed E-state index contributed by atoms with van der Waals surface area (Å²) in [6.45, 7) is 6.92. The molecule has 0 aromatic heterocycles. The van der Waals surface area contributed by atoms with Crippen LogP contribution < -0.4 is 17.3 Å². The van der Waals surface area contributed by atoms with Crippen LogP contribution in [0.1, 0.15) is 188 Å². The first kappa shape index (κ1) is 43.3. The van der Waals surface area contributed by atoms with Gasteiger partial charge >= 0.3 is 0 Å². The zero-order valence-corrected chi connectivity index (χ0v) is 30.1. The Morgan fingerprint density at radius 3 is 0.929 bits per heavy atom. The van der Waals surface area contributed by atoms with Gasteiger partial charge in [-0.25, -0.2) is 0 Å². The van der Waals surface area contributed by atoms with Crippen LogP contribution in [0.25, 0.3) is 0 Å². The number of quaternary nitrogens is 1. The molecule has 0 heterocycles. The van der Waals surface area contributed by atoms with E-state index in [-0.39, 0.29) is 17.9 Å². The predicted molar refractivity (Wildman–Crippen MR) is 189 cm³/mol. The van der Waals surface area contributed by atoms with E-state index in [1.807, 2.05) is 0 Å². The molecule has 0 aromatic carbocycles. The quantitative estimate of drug-likeness (QED) is 0.0593. The molecule has 0 rings (SSSR count). The molecule has 1 N–H and O–H groups in total. The standard InChI is InChI=1S/C40H75N.ClH/c1-6-8-10-12-14-16-18-20-22-24-26-28-30-32-34-36-38-40(3,41(4)5)39-37-35-33-31-29-27-25-23-21-19-17-15-13-11-9-7-2;/h32-39H,6-31H2,1-5H3;1H. The molecule has 2 heteroatoms. The van der Waals surface area contributed by atoms with Gasteiger partial charge in [0.05, 0.1) is 14.1 Å². The Morgan fingerprint density at radius 2 is 0.667 bits per heavy atom. The van der Waals surface area contributed by atoms with E-state index < -0.39 is 0 Å². The number of halogens is 1. The van der Waals surface area contributed by atoms with Gasteiger partial charge in [-0.3, -0.25) is 0 Å². The Kier molecular flexibility index (Phi) is 35.8. The van der Waals surface area contributed by atoms with Gasteiger partial charge in [0.2, 0.25) is 0 Å². The number of hydrogen-bond acceptors (Lipinski definition) is 0. The SMILES string of the molecule is CCCCCCCCCCCCCCC=CC=CC(C)(C=CC=CCCCCCCCCCCCCCC)[NH+](C)C.[Cl-]. The number of hydrogen-bond donors (Lipinski definition) is 1. The lowest BCUT2D eigenvalue weighted by molar-refractivity contribution is -0.896. The van der Waals surface area contributed by atoms with Crippen LogP contribution in [0.2, 0.25) is 0 Å². The maximum absolute atomic E-state index is 2.36. The average Bonchev–Trinajstić information content (AvgIpc) is 2.96. The maximum Gasteiger partial charge on any atom is 0.132 e. The van der Waals surface area contributed by atoms with Crippen molar-refractivity contribution < 1.29 is 17.3 Å². The van der Waals surface area contributed by atoms with Gasteiger partial charge in [-0.2, -0.15) is 0 Å². The van der Waals surface area contributed by atoms with E-state index in [0.717, 1.165) is 0 Å². The molecule has 1 nitrogen and oxygen atoms in total. The third kappa shape index (κ3) is 30.7. The highest BCUT2D eigenvalue weighted by atomic mass is 35.5. The zero-order chi connectivity index (χ0) is 30.1. The highest BCUT2D eigenvalue weighted by Crippen LogP contribution is 2.14. The summed E-state index contributed by atoms with van der Waals surface area (Å²) in [5.41, 5.74) is 0.0285. The van der Waals surface area contributed by atoms with Crippen LogP contribution in [0.15, 0.2) is 48.6 Å². The molecule has 0 aliphatic carbocycles. The summed E-state index contributed by atoms with van der Waals surface area (Å²) in [6, 6.07) is 0. The molecule has 0 aliphatic rings. The second-order valence-corrected chi connectivity index (χ2v) is 13.2. The Hall–Kier alpha value is -0.790. The summed E-state index contributed by atoms with van der Waals surface area (Å²) in [6.07, 6.45) is 55.0. The molecule has 0 radical (unpaired) electrons. The first-order valence-electron chi connectivity index (χ1n) is 18.6. The van der Waals surface area contributed by atoms with Crippen molar-refractivity contribution in [3.8, 4) is 0 Å². The molecule has 0 unspecified atom stereocenters. The fourth-order valence-electron chi connectivity index (χ4n) is 5.46. The van der Waals surface area contributed by atoms with Gasteiger partial charge in [0.1, 0.15) is 5.54 Å². The van der Waals surface area contributed by atoms with Crippen molar-refractivity contribution in [3.05, 3.63) is 48.6 Å². The Balaban J connectivity index is 0. The summed E-state index contributed by atoms with van der Waals surface area (Å²) in [5.74, 6) is 0. The van der Waals surface area contributed by atoms with Gasteiger partial charge < -0.3 is 17.3 Å². The molecular weight excluding hydrogens is 530 g/mol. The summed E-state index contributed by atoms with van der Waals surface area (Å²) >= 11 is 0. The summed E-state index contributed by atoms with van der Waals surface area (Å²) < 4.78 is 0. The maximum atomic E-state index is 2.36. The highest BCUT2D eigenvalue weighted by molar-refractivity contribution is 5.19. The molecule has 0 atom stereocenters. The third-order valence-electron chi connectivity index (χ3n) is 8.91. The van der Waals surface area contributed by atoms with E-state index in [4.69, 9.17) is 0 Å². The monoisotopic (exact) mass is 606 g/mol. The van der Waals surface area contributed by atoms with Crippen molar-refractivity contribution in [2.75, 3.05) is 14.1 Å². The fourth-order valence-corrected chi connectivity index (χ4v) is 5.46. The summed E-state index contributed by atoms with van der Waals surface area (Å²) in [5, 5.41) is 0. The minimum Gasteiger partial charge on any atom is -1.00 e. The molecule has 248 valence electrons. The lowest BCUT2D eigenvalue weighted by atomic mass is 9.99. The van der Waals surface area contributed by atoms with Crippen LogP contribution in [-0.2, 0) is 0 Å². The number of likely N-dealkylation sites (N-methyl/N-ethyl adjacent to an activating group) is 1. The van der Waals surface area contributed by atoms with Crippen LogP contribution in [0, 0.1) is 0 Å². The van der Waals surface area contributed by atoms with Crippen molar-refractivity contribution >= 4 is 0 Å². The summed E-state index contributed by atoms with van der Waals surface area (Å²) in [4.78, 5) is 1.44. The van der Waals surface area contributed by atoms with Crippen molar-refractivity contribution in [3.63, 3.8) is 0 Å². The van der Waals surface area contributed by atoms with E-state index in [2.05, 4.69) is 83.5 Å². The van der Waals surface area contributed by atoms with Crippen molar-refractivity contribution in [2.24, 2.45) is 0 Å². The lowest BCUT2D eigenvalue weighted by Crippen LogP contribution is -3.13. The minimum atomic E-state index is 0. The Bertz CT molecular complexity index is 582. The molecule has 0 amide bonds. The second-order valence-electron chi connectivity index (χ2n) is 13.2. The number of unbranched alkanes of at least 4 members (excludes halogenated alkanes) is 24. The van der Waals surface area contributed by atoms with E-state index in [1.165, 1.54) is 172 Å². The highest BCUT2D eigenvalue weighted by Gasteiger charge is 2.23. The van der Waals surface area contributed by atoms with Crippen molar-refractivity contribution in [1.82, 2.24) is 0 Å². The van der Waals surface area contributed by atoms with E-state index in [1.54, 1.807) is 0 Å². The number of rotatable bonds is 31. The molecule has 0 fully saturated rings. The van der Waals surface area contributed by atoms with Gasteiger partial charge in [0, 0.05) is 0 Å². The van der Waals surface area contributed by atoms with Crippen molar-refractivity contribution in [1.29, 1.82) is 0 Å². The van der Waals surface area contributed by atoms with E-state index in [9.17, 15) is 0 Å². The normalized spacial score (nSPS) is 13.8. The first-order chi connectivity index (χ1) is 20.1. The molecule has 0 bridgehead atoms. The Labute approximate surface area is 272 Å². The first-order valence-corrected chi connectivity index (χ1v) is 18.6. The minimum absolute atomic E-state index is 0. The topological polar surface area (TPSA) is 4.44 Å². The van der Waals surface area contributed by atoms with Gasteiger partial charge in [0.25, 0.3) is 0 Å². The molecule has 0 aliphatic heterocycles. The zero-order valence-electron chi connectivity index (χ0n) is 29.4. The van der Waals surface area contributed by atoms with Crippen LogP contribution >= 0.6 is 0 Å². The molecular formula is C40H76ClN. The smallest absolute Gasteiger partial charge is 0.132 e. The van der Waals surface area contributed by atoms with Crippen LogP contribution in [0.5, 0.6) is 0 Å².